The van der Waals surface area contributed by atoms with E-state index in [4.69, 9.17) is 9.47 Å². The van der Waals surface area contributed by atoms with Crippen molar-refractivity contribution in [3.8, 4) is 5.75 Å². The van der Waals surface area contributed by atoms with E-state index in [1.54, 1.807) is 19.1 Å². The Bertz CT molecular complexity index is 839. The zero-order valence-corrected chi connectivity index (χ0v) is 15.6. The van der Waals surface area contributed by atoms with Gasteiger partial charge in [0.15, 0.2) is 0 Å². The van der Waals surface area contributed by atoms with Gasteiger partial charge in [-0.1, -0.05) is 12.1 Å². The van der Waals surface area contributed by atoms with Gasteiger partial charge in [-0.2, -0.15) is 0 Å². The Labute approximate surface area is 157 Å². The van der Waals surface area contributed by atoms with Crippen LogP contribution in [0.1, 0.15) is 12.5 Å². The molecule has 2 aromatic rings. The first-order valence-corrected chi connectivity index (χ1v) is 9.76. The summed E-state index contributed by atoms with van der Waals surface area (Å²) in [6.45, 7) is 2.38. The molecule has 0 aliphatic rings. The van der Waals surface area contributed by atoms with Gasteiger partial charge in [-0.3, -0.25) is 0 Å². The van der Waals surface area contributed by atoms with Crippen molar-refractivity contribution in [2.75, 3.05) is 19.8 Å². The van der Waals surface area contributed by atoms with E-state index in [0.29, 0.717) is 5.75 Å². The molecule has 0 saturated carbocycles. The van der Waals surface area contributed by atoms with Crippen molar-refractivity contribution in [1.29, 1.82) is 0 Å². The standard InChI is InChI=1S/C18H21FN2O5S/c1-2-25-18(22)20-13-14-3-9-17(10-4-14)27(23,24)21-11-12-26-16-7-5-15(19)6-8-16/h3-10,21H,2,11-13H2,1H3,(H,20,22). The first-order valence-electron chi connectivity index (χ1n) is 8.28. The van der Waals surface area contributed by atoms with Crippen molar-refractivity contribution >= 4 is 16.1 Å². The molecule has 27 heavy (non-hydrogen) atoms. The van der Waals surface area contributed by atoms with Gasteiger partial charge in [0, 0.05) is 13.1 Å². The van der Waals surface area contributed by atoms with E-state index in [0.717, 1.165) is 5.56 Å². The van der Waals surface area contributed by atoms with E-state index in [1.807, 2.05) is 0 Å². The zero-order valence-electron chi connectivity index (χ0n) is 14.8. The molecule has 2 rings (SSSR count). The minimum absolute atomic E-state index is 0.0614. The van der Waals surface area contributed by atoms with Gasteiger partial charge in [0.1, 0.15) is 18.2 Å². The molecule has 0 aromatic heterocycles. The van der Waals surface area contributed by atoms with Crippen molar-refractivity contribution in [3.05, 3.63) is 59.9 Å². The molecule has 146 valence electrons. The number of rotatable bonds is 9. The lowest BCUT2D eigenvalue weighted by atomic mass is 10.2. The number of benzene rings is 2. The lowest BCUT2D eigenvalue weighted by Crippen LogP contribution is -2.28. The third-order valence-corrected chi connectivity index (χ3v) is 4.90. The lowest BCUT2D eigenvalue weighted by molar-refractivity contribution is 0.151. The minimum Gasteiger partial charge on any atom is -0.492 e. The highest BCUT2D eigenvalue weighted by atomic mass is 32.2. The van der Waals surface area contributed by atoms with Gasteiger partial charge >= 0.3 is 6.09 Å². The van der Waals surface area contributed by atoms with Crippen LogP contribution in [0.15, 0.2) is 53.4 Å². The first-order chi connectivity index (χ1) is 12.9. The second kappa shape index (κ2) is 9.89. The number of amides is 1. The van der Waals surface area contributed by atoms with Crippen LogP contribution < -0.4 is 14.8 Å². The zero-order chi connectivity index (χ0) is 19.7. The van der Waals surface area contributed by atoms with Crippen LogP contribution in [0.2, 0.25) is 0 Å². The Hall–Kier alpha value is -2.65. The van der Waals surface area contributed by atoms with Gasteiger partial charge in [-0.05, 0) is 48.9 Å². The second-order valence-electron chi connectivity index (χ2n) is 5.42. The van der Waals surface area contributed by atoms with Gasteiger partial charge in [0.25, 0.3) is 0 Å². The summed E-state index contributed by atoms with van der Waals surface area (Å²) in [5, 5.41) is 2.55. The average Bonchev–Trinajstić information content (AvgIpc) is 2.66. The summed E-state index contributed by atoms with van der Waals surface area (Å²) >= 11 is 0. The average molecular weight is 396 g/mol. The Kier molecular flexibility index (Phi) is 7.56. The molecule has 1 amide bonds. The predicted octanol–water partition coefficient (Wildman–Crippen LogP) is 2.43. The molecule has 7 nitrogen and oxygen atoms in total. The summed E-state index contributed by atoms with van der Waals surface area (Å²) in [7, 11) is -3.68. The quantitative estimate of drug-likeness (QED) is 0.635. The highest BCUT2D eigenvalue weighted by molar-refractivity contribution is 7.89. The molecule has 0 heterocycles. The molecule has 0 saturated heterocycles. The number of halogens is 1. The fourth-order valence-electron chi connectivity index (χ4n) is 2.10. The van der Waals surface area contributed by atoms with Gasteiger partial charge in [-0.25, -0.2) is 22.3 Å². The Morgan fingerprint density at radius 2 is 1.74 bits per heavy atom. The van der Waals surface area contributed by atoms with E-state index >= 15 is 0 Å². The number of alkyl carbamates (subject to hydrolysis) is 1. The van der Waals surface area contributed by atoms with Crippen LogP contribution in [0.4, 0.5) is 9.18 Å². The predicted molar refractivity (Wildman–Crippen MR) is 97.4 cm³/mol. The first kappa shape index (κ1) is 20.7. The number of hydrogen-bond acceptors (Lipinski definition) is 5. The molecule has 2 N–H and O–H groups in total. The van der Waals surface area contributed by atoms with Crippen LogP contribution in [-0.4, -0.2) is 34.3 Å². The third kappa shape index (κ3) is 6.87. The minimum atomic E-state index is -3.68. The summed E-state index contributed by atoms with van der Waals surface area (Å²) in [6, 6.07) is 11.6. The number of ether oxygens (including phenoxy) is 2. The van der Waals surface area contributed by atoms with Crippen LogP contribution in [0.5, 0.6) is 5.75 Å². The van der Waals surface area contributed by atoms with E-state index in [-0.39, 0.29) is 37.0 Å². The van der Waals surface area contributed by atoms with Gasteiger partial charge < -0.3 is 14.8 Å². The molecule has 0 unspecified atom stereocenters. The van der Waals surface area contributed by atoms with E-state index < -0.39 is 16.1 Å². The maximum Gasteiger partial charge on any atom is 0.407 e. The molecule has 0 atom stereocenters. The molecule has 9 heteroatoms. The summed E-state index contributed by atoms with van der Waals surface area (Å²) in [5.41, 5.74) is 0.738. The summed E-state index contributed by atoms with van der Waals surface area (Å²) in [6.07, 6.45) is -0.531. The molecule has 0 radical (unpaired) electrons. The molecule has 0 bridgehead atoms. The van der Waals surface area contributed by atoms with Gasteiger partial charge in [0.2, 0.25) is 10.0 Å². The van der Waals surface area contributed by atoms with Gasteiger partial charge in [-0.15, -0.1) is 0 Å². The third-order valence-electron chi connectivity index (χ3n) is 3.42. The van der Waals surface area contributed by atoms with Crippen LogP contribution in [-0.2, 0) is 21.3 Å². The Morgan fingerprint density at radius 3 is 2.37 bits per heavy atom. The maximum atomic E-state index is 12.8. The molecule has 0 fully saturated rings. The van der Waals surface area contributed by atoms with Crippen molar-refractivity contribution in [3.63, 3.8) is 0 Å². The fraction of sp³-hybridized carbons (Fsp3) is 0.278. The molecule has 0 spiro atoms. The smallest absolute Gasteiger partial charge is 0.407 e. The summed E-state index contributed by atoms with van der Waals surface area (Å²) in [5.74, 6) is 0.0815. The maximum absolute atomic E-state index is 12.8. The van der Waals surface area contributed by atoms with Crippen molar-refractivity contribution in [1.82, 2.24) is 10.0 Å². The highest BCUT2D eigenvalue weighted by Crippen LogP contribution is 2.12. The molecular weight excluding hydrogens is 375 g/mol. The number of hydrogen-bond donors (Lipinski definition) is 2. The number of nitrogens with one attached hydrogen (secondary N) is 2. The van der Waals surface area contributed by atoms with E-state index in [1.165, 1.54) is 36.4 Å². The van der Waals surface area contributed by atoms with Crippen molar-refractivity contribution in [2.24, 2.45) is 0 Å². The number of carbonyl (C=O) groups is 1. The number of sulfonamides is 1. The fourth-order valence-corrected chi connectivity index (χ4v) is 3.11. The second-order valence-corrected chi connectivity index (χ2v) is 7.19. The van der Waals surface area contributed by atoms with E-state index in [2.05, 4.69) is 10.0 Å². The SMILES string of the molecule is CCOC(=O)NCc1ccc(S(=O)(=O)NCCOc2ccc(F)cc2)cc1. The highest BCUT2D eigenvalue weighted by Gasteiger charge is 2.13. The lowest BCUT2D eigenvalue weighted by Gasteiger charge is -2.09. The monoisotopic (exact) mass is 396 g/mol. The van der Waals surface area contributed by atoms with Crippen LogP contribution in [0.3, 0.4) is 0 Å². The van der Waals surface area contributed by atoms with Crippen LogP contribution >= 0.6 is 0 Å². The molecule has 0 aliphatic heterocycles. The summed E-state index contributed by atoms with van der Waals surface area (Å²) in [4.78, 5) is 11.3. The molecular formula is C18H21FN2O5S. The molecule has 2 aromatic carbocycles. The Balaban J connectivity index is 1.81. The summed E-state index contributed by atoms with van der Waals surface area (Å²) < 4.78 is 49.8. The van der Waals surface area contributed by atoms with Gasteiger partial charge in [0.05, 0.1) is 11.5 Å². The largest absolute Gasteiger partial charge is 0.492 e. The van der Waals surface area contributed by atoms with Crippen LogP contribution in [0.25, 0.3) is 0 Å². The Morgan fingerprint density at radius 1 is 1.07 bits per heavy atom. The van der Waals surface area contributed by atoms with Crippen LogP contribution in [0, 0.1) is 5.82 Å². The molecule has 0 aliphatic carbocycles. The number of carbonyl (C=O) groups excluding carboxylic acids is 1. The normalized spacial score (nSPS) is 11.0. The van der Waals surface area contributed by atoms with E-state index in [9.17, 15) is 17.6 Å². The topological polar surface area (TPSA) is 93.7 Å². The van der Waals surface area contributed by atoms with Crippen molar-refractivity contribution in [2.45, 2.75) is 18.4 Å². The van der Waals surface area contributed by atoms with Crippen molar-refractivity contribution < 1.29 is 27.1 Å².